The minimum atomic E-state index is -5.08. The first-order valence-corrected chi connectivity index (χ1v) is 12.4. The summed E-state index contributed by atoms with van der Waals surface area (Å²) in [7, 11) is 2.83. The number of esters is 1. The maximum Gasteiger partial charge on any atom is 0.490 e. The molecule has 0 radical (unpaired) electrons. The third kappa shape index (κ3) is 6.03. The highest BCUT2D eigenvalue weighted by Crippen LogP contribution is 2.51. The van der Waals surface area contributed by atoms with Crippen LogP contribution in [-0.4, -0.2) is 65.4 Å². The molecule has 2 fully saturated rings. The molecule has 0 bridgehead atoms. The average molecular weight is 533 g/mol. The van der Waals surface area contributed by atoms with Crippen LogP contribution < -0.4 is 5.32 Å². The molecule has 0 saturated carbocycles. The minimum absolute atomic E-state index is 0.141. The molecular weight excluding hydrogens is 501 g/mol. The molecule has 2 N–H and O–H groups in total. The summed E-state index contributed by atoms with van der Waals surface area (Å²) in [5.41, 5.74) is -0.294. The van der Waals surface area contributed by atoms with Crippen LogP contribution in [0, 0.1) is 17.8 Å². The largest absolute Gasteiger partial charge is 0.490 e. The Kier molecular flexibility index (Phi) is 9.58. The summed E-state index contributed by atoms with van der Waals surface area (Å²) in [6.07, 6.45) is -3.56. The SMILES string of the molecule is CCCSc1ccc([C@H]2N[C@@](CC(C)C)(C(=O)OC)[C@H]3C(=O)N(C)C(=O)[C@@H]23)cc1.O=C(O)C(F)(F)F. The van der Waals surface area contributed by atoms with E-state index in [0.717, 1.165) is 22.6 Å². The van der Waals surface area contributed by atoms with Crippen molar-refractivity contribution >= 4 is 35.5 Å². The summed E-state index contributed by atoms with van der Waals surface area (Å²) in [5, 5.41) is 10.5. The number of rotatable bonds is 7. The highest BCUT2D eigenvalue weighted by Gasteiger charge is 2.68. The summed E-state index contributed by atoms with van der Waals surface area (Å²) in [6.45, 7) is 6.14. The zero-order valence-corrected chi connectivity index (χ0v) is 21.5. The molecule has 0 unspecified atom stereocenters. The van der Waals surface area contributed by atoms with Gasteiger partial charge in [-0.15, -0.1) is 11.8 Å². The van der Waals surface area contributed by atoms with Gasteiger partial charge in [-0.2, -0.15) is 13.2 Å². The van der Waals surface area contributed by atoms with E-state index in [9.17, 15) is 27.6 Å². The fraction of sp³-hybridized carbons (Fsp3) is 0.583. The van der Waals surface area contributed by atoms with E-state index in [0.29, 0.717) is 6.42 Å². The molecule has 200 valence electrons. The summed E-state index contributed by atoms with van der Waals surface area (Å²) in [5.74, 6) is -3.96. The van der Waals surface area contributed by atoms with Crippen molar-refractivity contribution in [3.63, 3.8) is 0 Å². The van der Waals surface area contributed by atoms with E-state index < -0.39 is 41.5 Å². The molecular formula is C24H31F3N2O6S. The van der Waals surface area contributed by atoms with Crippen LogP contribution in [-0.2, 0) is 23.9 Å². The van der Waals surface area contributed by atoms with Gasteiger partial charge in [-0.1, -0.05) is 32.9 Å². The van der Waals surface area contributed by atoms with E-state index in [1.165, 1.54) is 19.1 Å². The Hall–Kier alpha value is -2.60. The molecule has 8 nitrogen and oxygen atoms in total. The van der Waals surface area contributed by atoms with E-state index >= 15 is 0 Å². The van der Waals surface area contributed by atoms with Crippen LogP contribution in [0.1, 0.15) is 45.2 Å². The van der Waals surface area contributed by atoms with Crippen LogP contribution in [0.25, 0.3) is 0 Å². The number of carboxylic acid groups (broad SMARTS) is 1. The normalized spacial score (nSPS) is 25.5. The highest BCUT2D eigenvalue weighted by molar-refractivity contribution is 7.99. The Balaban J connectivity index is 0.000000572. The molecule has 1 aromatic rings. The maximum absolute atomic E-state index is 13.0. The number of amides is 2. The standard InChI is InChI=1S/C22H30N2O4S.C2HF3O2/c1-6-11-29-15-9-7-14(8-10-15)18-16-17(20(26)24(4)19(16)25)22(23-18,12-13(2)3)21(27)28-5;3-2(4,5)1(6)7/h7-10,13,16-18,23H,6,11-12H2,1-5H3;(H,6,7)/t16-,17-,18-,22-;/m1./s1. The number of carboxylic acids is 1. The number of alkyl halides is 3. The molecule has 1 aromatic carbocycles. The molecule has 36 heavy (non-hydrogen) atoms. The van der Waals surface area contributed by atoms with Crippen molar-refractivity contribution in [1.29, 1.82) is 0 Å². The van der Waals surface area contributed by atoms with Gasteiger partial charge in [0.1, 0.15) is 5.54 Å². The van der Waals surface area contributed by atoms with Crippen LogP contribution >= 0.6 is 11.8 Å². The number of halogens is 3. The molecule has 4 atom stereocenters. The van der Waals surface area contributed by atoms with Crippen molar-refractivity contribution in [1.82, 2.24) is 10.2 Å². The van der Waals surface area contributed by atoms with Crippen molar-refractivity contribution in [3.8, 4) is 0 Å². The van der Waals surface area contributed by atoms with Crippen LogP contribution in [0.15, 0.2) is 29.2 Å². The summed E-state index contributed by atoms with van der Waals surface area (Å²) >= 11 is 1.79. The van der Waals surface area contributed by atoms with Gasteiger partial charge in [0.05, 0.1) is 18.9 Å². The van der Waals surface area contributed by atoms with Gasteiger partial charge >= 0.3 is 18.1 Å². The van der Waals surface area contributed by atoms with E-state index in [1.54, 1.807) is 11.8 Å². The highest BCUT2D eigenvalue weighted by atomic mass is 32.2. The third-order valence-corrected chi connectivity index (χ3v) is 7.33. The molecule has 0 spiro atoms. The Morgan fingerprint density at radius 3 is 2.19 bits per heavy atom. The number of benzene rings is 1. The summed E-state index contributed by atoms with van der Waals surface area (Å²) in [6, 6.07) is 7.65. The zero-order chi connectivity index (χ0) is 27.4. The van der Waals surface area contributed by atoms with Crippen LogP contribution in [0.5, 0.6) is 0 Å². The second-order valence-corrected chi connectivity index (χ2v) is 10.3. The number of carbonyl (C=O) groups is 4. The van der Waals surface area contributed by atoms with Gasteiger partial charge in [0.2, 0.25) is 11.8 Å². The Labute approximate surface area is 211 Å². The molecule has 2 heterocycles. The number of nitrogens with zero attached hydrogens (tertiary/aromatic N) is 1. The van der Waals surface area contributed by atoms with Gasteiger partial charge < -0.3 is 9.84 Å². The smallest absolute Gasteiger partial charge is 0.475 e. The minimum Gasteiger partial charge on any atom is -0.475 e. The predicted molar refractivity (Wildman–Crippen MR) is 126 cm³/mol. The molecule has 2 amide bonds. The average Bonchev–Trinajstić information content (AvgIpc) is 3.26. The van der Waals surface area contributed by atoms with Gasteiger partial charge in [-0.25, -0.2) is 4.79 Å². The first-order valence-electron chi connectivity index (χ1n) is 11.4. The fourth-order valence-electron chi connectivity index (χ4n) is 4.71. The summed E-state index contributed by atoms with van der Waals surface area (Å²) < 4.78 is 36.9. The molecule has 2 aliphatic rings. The Morgan fingerprint density at radius 2 is 1.75 bits per heavy atom. The van der Waals surface area contributed by atoms with Crippen LogP contribution in [0.3, 0.4) is 0 Å². The first-order chi connectivity index (χ1) is 16.7. The number of imide groups is 1. The first kappa shape index (κ1) is 29.6. The predicted octanol–water partition coefficient (Wildman–Crippen LogP) is 3.66. The van der Waals surface area contributed by atoms with Gasteiger partial charge in [-0.3, -0.25) is 24.6 Å². The zero-order valence-electron chi connectivity index (χ0n) is 20.7. The quantitative estimate of drug-likeness (QED) is 0.311. The van der Waals surface area contributed by atoms with E-state index in [-0.39, 0.29) is 17.7 Å². The number of hydrogen-bond acceptors (Lipinski definition) is 7. The molecule has 2 aliphatic heterocycles. The number of hydrogen-bond donors (Lipinski definition) is 2. The third-order valence-electron chi connectivity index (χ3n) is 6.11. The lowest BCUT2D eigenvalue weighted by molar-refractivity contribution is -0.192. The Morgan fingerprint density at radius 1 is 1.19 bits per heavy atom. The van der Waals surface area contributed by atoms with Crippen LogP contribution in [0.4, 0.5) is 13.2 Å². The van der Waals surface area contributed by atoms with Crippen molar-refractivity contribution < 1.29 is 42.2 Å². The van der Waals surface area contributed by atoms with Gasteiger partial charge in [0.25, 0.3) is 0 Å². The Bertz CT molecular complexity index is 985. The lowest BCUT2D eigenvalue weighted by Gasteiger charge is -2.33. The maximum atomic E-state index is 13.0. The van der Waals surface area contributed by atoms with Gasteiger partial charge in [0, 0.05) is 18.0 Å². The van der Waals surface area contributed by atoms with E-state index in [4.69, 9.17) is 14.6 Å². The van der Waals surface area contributed by atoms with Crippen molar-refractivity contribution in [3.05, 3.63) is 29.8 Å². The monoisotopic (exact) mass is 532 g/mol. The number of methoxy groups -OCH3 is 1. The molecule has 0 aliphatic carbocycles. The number of carbonyl (C=O) groups excluding carboxylic acids is 3. The van der Waals surface area contributed by atoms with E-state index in [2.05, 4.69) is 12.2 Å². The van der Waals surface area contributed by atoms with Crippen molar-refractivity contribution in [2.45, 2.75) is 56.3 Å². The number of ether oxygens (including phenoxy) is 1. The lowest BCUT2D eigenvalue weighted by atomic mass is 9.75. The molecule has 2 saturated heterocycles. The van der Waals surface area contributed by atoms with E-state index in [1.807, 2.05) is 38.1 Å². The number of aliphatic carboxylic acids is 1. The second-order valence-electron chi connectivity index (χ2n) is 9.14. The summed E-state index contributed by atoms with van der Waals surface area (Å²) in [4.78, 5) is 50.2. The van der Waals surface area contributed by atoms with Crippen LogP contribution in [0.2, 0.25) is 0 Å². The number of thioether (sulfide) groups is 1. The topological polar surface area (TPSA) is 113 Å². The number of likely N-dealkylation sites (tertiary alicyclic amines) is 1. The second kappa shape index (κ2) is 11.6. The van der Waals surface area contributed by atoms with Gasteiger partial charge in [-0.05, 0) is 42.2 Å². The number of nitrogens with one attached hydrogen (secondary N) is 1. The lowest BCUT2D eigenvalue weighted by Crippen LogP contribution is -2.56. The van der Waals surface area contributed by atoms with Gasteiger partial charge in [0.15, 0.2) is 0 Å². The molecule has 12 heteroatoms. The fourth-order valence-corrected chi connectivity index (χ4v) is 5.48. The van der Waals surface area contributed by atoms with Crippen molar-refractivity contribution in [2.24, 2.45) is 17.8 Å². The number of fused-ring (bicyclic) bond motifs is 1. The van der Waals surface area contributed by atoms with Crippen molar-refractivity contribution in [2.75, 3.05) is 19.9 Å². The molecule has 0 aromatic heterocycles. The molecule has 3 rings (SSSR count).